The summed E-state index contributed by atoms with van der Waals surface area (Å²) in [7, 11) is 1.58. The molecule has 3 aromatic rings. The van der Waals surface area contributed by atoms with Crippen molar-refractivity contribution < 1.29 is 23.5 Å². The Kier molecular flexibility index (Phi) is 8.52. The number of benzene rings is 3. The minimum atomic E-state index is -1.09. The Morgan fingerprint density at radius 3 is 2.10 bits per heavy atom. The fourth-order valence-corrected chi connectivity index (χ4v) is 4.50. The standard InChI is InChI=1S/C31H33FN4O4/c1-31(2,3)40-30(39)35-27(26(20-11-7-5-8-12-20)21-13-9-6-10-14-21)28(37)34-23-15-16-24(25(32)17-23)22-18-33-29(38)36(4)19-22/h5-17,19,26-27H,18H2,1-4H3,(H,33,38)(H,34,37)(H,35,39)/t27-/m0/s1. The van der Waals surface area contributed by atoms with E-state index in [1.807, 2.05) is 60.7 Å². The summed E-state index contributed by atoms with van der Waals surface area (Å²) in [5.74, 6) is -1.67. The normalized spacial score (nSPS) is 14.2. The van der Waals surface area contributed by atoms with Gasteiger partial charge in [0.15, 0.2) is 0 Å². The van der Waals surface area contributed by atoms with Gasteiger partial charge in [0.25, 0.3) is 0 Å². The lowest BCUT2D eigenvalue weighted by Crippen LogP contribution is -2.49. The Morgan fingerprint density at radius 2 is 1.57 bits per heavy atom. The van der Waals surface area contributed by atoms with Crippen LogP contribution < -0.4 is 16.0 Å². The van der Waals surface area contributed by atoms with E-state index in [0.29, 0.717) is 11.1 Å². The average molecular weight is 545 g/mol. The Balaban J connectivity index is 1.66. The molecule has 0 unspecified atom stereocenters. The largest absolute Gasteiger partial charge is 0.444 e. The number of urea groups is 1. The van der Waals surface area contributed by atoms with Gasteiger partial charge in [-0.05, 0) is 55.7 Å². The van der Waals surface area contributed by atoms with E-state index in [4.69, 9.17) is 4.74 Å². The van der Waals surface area contributed by atoms with Gasteiger partial charge in [-0.25, -0.2) is 14.0 Å². The number of carbonyl (C=O) groups excluding carboxylic acids is 3. The highest BCUT2D eigenvalue weighted by molar-refractivity contribution is 5.98. The van der Waals surface area contributed by atoms with Crippen LogP contribution in [0.25, 0.3) is 5.57 Å². The second-order valence-corrected chi connectivity index (χ2v) is 10.5. The van der Waals surface area contributed by atoms with Crippen LogP contribution in [0.15, 0.2) is 85.1 Å². The molecule has 1 heterocycles. The second-order valence-electron chi connectivity index (χ2n) is 10.5. The summed E-state index contributed by atoms with van der Waals surface area (Å²) in [6, 6.07) is 21.7. The number of hydrogen-bond donors (Lipinski definition) is 3. The van der Waals surface area contributed by atoms with E-state index in [0.717, 1.165) is 11.1 Å². The smallest absolute Gasteiger partial charge is 0.408 e. The molecule has 1 atom stereocenters. The van der Waals surface area contributed by atoms with Gasteiger partial charge in [-0.1, -0.05) is 60.7 Å². The minimum absolute atomic E-state index is 0.184. The Bertz CT molecular complexity index is 1360. The number of ether oxygens (including phenoxy) is 1. The van der Waals surface area contributed by atoms with E-state index in [-0.39, 0.29) is 18.3 Å². The molecule has 0 bridgehead atoms. The van der Waals surface area contributed by atoms with E-state index in [1.54, 1.807) is 46.2 Å². The van der Waals surface area contributed by atoms with Gasteiger partial charge in [0.05, 0.1) is 0 Å². The SMILES string of the molecule is CN1C=C(c2ccc(NC(=O)[C@@H](NC(=O)OC(C)(C)C)C(c3ccccc3)c3ccccc3)cc2F)CNC1=O. The number of nitrogens with zero attached hydrogens (tertiary/aromatic N) is 1. The molecule has 0 saturated carbocycles. The lowest BCUT2D eigenvalue weighted by molar-refractivity contribution is -0.118. The summed E-state index contributed by atoms with van der Waals surface area (Å²) in [5, 5.41) is 8.20. The van der Waals surface area contributed by atoms with Crippen LogP contribution in [0.4, 0.5) is 19.7 Å². The van der Waals surface area contributed by atoms with Crippen LogP contribution >= 0.6 is 0 Å². The van der Waals surface area contributed by atoms with Crippen molar-refractivity contribution in [1.29, 1.82) is 0 Å². The molecule has 0 spiro atoms. The quantitative estimate of drug-likeness (QED) is 0.367. The minimum Gasteiger partial charge on any atom is -0.444 e. The molecule has 40 heavy (non-hydrogen) atoms. The first-order valence-corrected chi connectivity index (χ1v) is 12.9. The number of anilines is 1. The summed E-state index contributed by atoms with van der Waals surface area (Å²) < 4.78 is 20.7. The van der Waals surface area contributed by atoms with E-state index in [1.165, 1.54) is 11.0 Å². The Hall–Kier alpha value is -4.66. The molecular weight excluding hydrogens is 511 g/mol. The highest BCUT2D eigenvalue weighted by atomic mass is 19.1. The summed E-state index contributed by atoms with van der Waals surface area (Å²) in [4.78, 5) is 39.8. The van der Waals surface area contributed by atoms with E-state index >= 15 is 4.39 Å². The molecule has 0 aliphatic carbocycles. The zero-order chi connectivity index (χ0) is 28.9. The molecule has 8 nitrogen and oxygen atoms in total. The predicted octanol–water partition coefficient (Wildman–Crippen LogP) is 5.49. The van der Waals surface area contributed by atoms with Crippen molar-refractivity contribution in [3.63, 3.8) is 0 Å². The number of alkyl carbamates (subject to hydrolysis) is 1. The predicted molar refractivity (Wildman–Crippen MR) is 152 cm³/mol. The molecule has 3 aromatic carbocycles. The second kappa shape index (κ2) is 12.0. The maximum absolute atomic E-state index is 15.2. The maximum atomic E-state index is 15.2. The number of nitrogens with one attached hydrogen (secondary N) is 3. The first kappa shape index (κ1) is 28.4. The van der Waals surface area contributed by atoms with Crippen LogP contribution in [0.1, 0.15) is 43.4 Å². The Labute approximate surface area is 233 Å². The van der Waals surface area contributed by atoms with Crippen molar-refractivity contribution in [3.8, 4) is 0 Å². The molecule has 1 aliphatic heterocycles. The summed E-state index contributed by atoms with van der Waals surface area (Å²) in [5.41, 5.74) is 1.95. The van der Waals surface area contributed by atoms with Crippen LogP contribution in [-0.4, -0.2) is 48.2 Å². The highest BCUT2D eigenvalue weighted by Gasteiger charge is 2.34. The number of hydrogen-bond acceptors (Lipinski definition) is 4. The molecule has 0 aromatic heterocycles. The van der Waals surface area contributed by atoms with Crippen LogP contribution in [-0.2, 0) is 9.53 Å². The van der Waals surface area contributed by atoms with Gasteiger partial charge in [0.2, 0.25) is 5.91 Å². The number of rotatable bonds is 7. The fraction of sp³-hybridized carbons (Fsp3) is 0.258. The third kappa shape index (κ3) is 7.05. The van der Waals surface area contributed by atoms with E-state index < -0.39 is 35.4 Å². The lowest BCUT2D eigenvalue weighted by atomic mass is 9.84. The molecular formula is C31H33FN4O4. The molecule has 4 amide bonds. The Morgan fingerprint density at radius 1 is 0.975 bits per heavy atom. The molecule has 3 N–H and O–H groups in total. The van der Waals surface area contributed by atoms with Crippen molar-refractivity contribution in [2.75, 3.05) is 18.9 Å². The first-order valence-electron chi connectivity index (χ1n) is 12.9. The molecule has 9 heteroatoms. The van der Waals surface area contributed by atoms with Gasteiger partial charge in [0.1, 0.15) is 17.5 Å². The van der Waals surface area contributed by atoms with Crippen LogP contribution in [0, 0.1) is 5.82 Å². The summed E-state index contributed by atoms with van der Waals surface area (Å²) in [6.07, 6.45) is 0.821. The first-order chi connectivity index (χ1) is 19.0. The van der Waals surface area contributed by atoms with E-state index in [2.05, 4.69) is 16.0 Å². The van der Waals surface area contributed by atoms with Crippen LogP contribution in [0.2, 0.25) is 0 Å². The van der Waals surface area contributed by atoms with Crippen LogP contribution in [0.5, 0.6) is 0 Å². The molecule has 0 radical (unpaired) electrons. The lowest BCUT2D eigenvalue weighted by Gasteiger charge is -2.29. The number of amides is 4. The van der Waals surface area contributed by atoms with Crippen molar-refractivity contribution in [3.05, 3.63) is 108 Å². The zero-order valence-electron chi connectivity index (χ0n) is 22.9. The van der Waals surface area contributed by atoms with Gasteiger partial charge < -0.3 is 25.6 Å². The third-order valence-corrected chi connectivity index (χ3v) is 6.29. The van der Waals surface area contributed by atoms with Gasteiger partial charge in [-0.15, -0.1) is 0 Å². The average Bonchev–Trinajstić information content (AvgIpc) is 2.90. The molecule has 1 aliphatic rings. The third-order valence-electron chi connectivity index (χ3n) is 6.29. The van der Waals surface area contributed by atoms with Crippen molar-refractivity contribution >= 4 is 29.3 Å². The summed E-state index contributed by atoms with van der Waals surface area (Å²) >= 11 is 0. The summed E-state index contributed by atoms with van der Waals surface area (Å²) in [6.45, 7) is 5.40. The number of halogens is 1. The van der Waals surface area contributed by atoms with Gasteiger partial charge >= 0.3 is 12.1 Å². The molecule has 0 fully saturated rings. The van der Waals surface area contributed by atoms with Crippen molar-refractivity contribution in [1.82, 2.24) is 15.5 Å². The monoisotopic (exact) mass is 544 g/mol. The van der Waals surface area contributed by atoms with Gasteiger partial charge in [-0.3, -0.25) is 4.79 Å². The van der Waals surface area contributed by atoms with Crippen molar-refractivity contribution in [2.45, 2.75) is 38.3 Å². The molecule has 4 rings (SSSR count). The van der Waals surface area contributed by atoms with Gasteiger partial charge in [-0.2, -0.15) is 0 Å². The highest BCUT2D eigenvalue weighted by Crippen LogP contribution is 2.30. The van der Waals surface area contributed by atoms with E-state index in [9.17, 15) is 14.4 Å². The van der Waals surface area contributed by atoms with Crippen molar-refractivity contribution in [2.24, 2.45) is 0 Å². The molecule has 0 saturated heterocycles. The number of carbonyl (C=O) groups is 3. The van der Waals surface area contributed by atoms with Crippen LogP contribution in [0.3, 0.4) is 0 Å². The van der Waals surface area contributed by atoms with Gasteiger partial charge in [0, 0.05) is 37.0 Å². The topological polar surface area (TPSA) is 99.8 Å². The fourth-order valence-electron chi connectivity index (χ4n) is 4.50. The molecule has 208 valence electrons. The zero-order valence-corrected chi connectivity index (χ0v) is 22.9. The maximum Gasteiger partial charge on any atom is 0.408 e.